The van der Waals surface area contributed by atoms with Crippen molar-refractivity contribution < 1.29 is 9.53 Å². The third kappa shape index (κ3) is 3.30. The highest BCUT2D eigenvalue weighted by atomic mass is 35.5. The van der Waals surface area contributed by atoms with Crippen molar-refractivity contribution in [1.82, 2.24) is 14.9 Å². The number of benzene rings is 2. The zero-order chi connectivity index (χ0) is 18.1. The van der Waals surface area contributed by atoms with Crippen molar-refractivity contribution >= 4 is 17.5 Å². The molecule has 2 atom stereocenters. The van der Waals surface area contributed by atoms with E-state index in [0.717, 1.165) is 22.6 Å². The predicted molar refractivity (Wildman–Crippen MR) is 99.7 cm³/mol. The molecule has 0 aliphatic carbocycles. The second-order valence-electron chi connectivity index (χ2n) is 6.35. The molecule has 2 heterocycles. The Kier molecular flexibility index (Phi) is 4.39. The highest BCUT2D eigenvalue weighted by Gasteiger charge is 2.30. The number of hydrogen-bond acceptors (Lipinski definition) is 3. The van der Waals surface area contributed by atoms with Crippen LogP contribution in [-0.2, 0) is 11.2 Å². The van der Waals surface area contributed by atoms with Crippen LogP contribution < -0.4 is 10.1 Å². The van der Waals surface area contributed by atoms with E-state index in [1.807, 2.05) is 54.1 Å². The average molecular weight is 368 g/mol. The lowest BCUT2D eigenvalue weighted by atomic mass is 10.1. The molecule has 2 aromatic carbocycles. The second-order valence-corrected chi connectivity index (χ2v) is 6.79. The van der Waals surface area contributed by atoms with E-state index in [1.165, 1.54) is 0 Å². The molecule has 4 rings (SSSR count). The molecular weight excluding hydrogens is 350 g/mol. The maximum Gasteiger partial charge on any atom is 0.261 e. The van der Waals surface area contributed by atoms with Crippen molar-refractivity contribution in [3.8, 4) is 11.4 Å². The smallest absolute Gasteiger partial charge is 0.261 e. The fraction of sp³-hybridized carbons (Fsp3) is 0.200. The number of hydrogen-bond donors (Lipinski definition) is 1. The lowest BCUT2D eigenvalue weighted by Gasteiger charge is -2.18. The Morgan fingerprint density at radius 3 is 2.85 bits per heavy atom. The molecule has 1 aromatic heterocycles. The fourth-order valence-electron chi connectivity index (χ4n) is 3.10. The molecule has 0 saturated heterocycles. The normalized spacial score (nSPS) is 16.6. The number of aromatic nitrogens is 2. The molecule has 0 bridgehead atoms. The Labute approximate surface area is 156 Å². The number of ether oxygens (including phenoxy) is 1. The summed E-state index contributed by atoms with van der Waals surface area (Å²) < 4.78 is 7.68. The first-order valence-corrected chi connectivity index (χ1v) is 8.82. The number of carbonyl (C=O) groups excluding carboxylic acids is 1. The molecule has 0 saturated carbocycles. The van der Waals surface area contributed by atoms with Crippen LogP contribution in [0.2, 0.25) is 5.02 Å². The van der Waals surface area contributed by atoms with Crippen molar-refractivity contribution in [2.24, 2.45) is 0 Å². The fourth-order valence-corrected chi connectivity index (χ4v) is 3.29. The van der Waals surface area contributed by atoms with Crippen LogP contribution in [0.3, 0.4) is 0 Å². The Morgan fingerprint density at radius 1 is 1.31 bits per heavy atom. The summed E-state index contributed by atoms with van der Waals surface area (Å²) in [5.74, 6) is 0.607. The molecule has 1 aliphatic rings. The molecule has 3 aromatic rings. The zero-order valence-corrected chi connectivity index (χ0v) is 15.0. The standard InChI is InChI=1S/C20H18ClN3O2/c1-13(14-2-5-17(6-3-14)24-9-8-22-12-24)23-20(25)19-11-15-10-16(21)4-7-18(15)26-19/h2-10,12-13,19H,11H2,1H3,(H,23,25)/t13-,19-/m0/s1. The number of amides is 1. The van der Waals surface area contributed by atoms with Crippen molar-refractivity contribution in [3.63, 3.8) is 0 Å². The van der Waals surface area contributed by atoms with Crippen LogP contribution >= 0.6 is 11.6 Å². The third-order valence-electron chi connectivity index (χ3n) is 4.54. The molecule has 1 N–H and O–H groups in total. The highest BCUT2D eigenvalue weighted by Crippen LogP contribution is 2.31. The SMILES string of the molecule is C[C@H](NC(=O)[C@@H]1Cc2cc(Cl)ccc2O1)c1ccc(-n2ccnc2)cc1. The molecule has 0 fully saturated rings. The van der Waals surface area contributed by atoms with Crippen LogP contribution in [0.15, 0.2) is 61.2 Å². The zero-order valence-electron chi connectivity index (χ0n) is 14.2. The third-order valence-corrected chi connectivity index (χ3v) is 4.78. The number of nitrogens with zero attached hydrogens (tertiary/aromatic N) is 2. The molecule has 0 radical (unpaired) electrons. The number of rotatable bonds is 4. The molecular formula is C20H18ClN3O2. The van der Waals surface area contributed by atoms with Gasteiger partial charge < -0.3 is 14.6 Å². The number of halogens is 1. The van der Waals surface area contributed by atoms with Crippen LogP contribution in [0.5, 0.6) is 5.75 Å². The first-order chi connectivity index (χ1) is 12.6. The van der Waals surface area contributed by atoms with Crippen LogP contribution in [0.4, 0.5) is 0 Å². The molecule has 26 heavy (non-hydrogen) atoms. The summed E-state index contributed by atoms with van der Waals surface area (Å²) in [5.41, 5.74) is 3.02. The molecule has 5 nitrogen and oxygen atoms in total. The van der Waals surface area contributed by atoms with Gasteiger partial charge in [-0.1, -0.05) is 23.7 Å². The van der Waals surface area contributed by atoms with E-state index in [4.69, 9.17) is 16.3 Å². The monoisotopic (exact) mass is 367 g/mol. The second kappa shape index (κ2) is 6.84. The van der Waals surface area contributed by atoms with Crippen molar-refractivity contribution in [2.45, 2.75) is 25.5 Å². The van der Waals surface area contributed by atoms with Gasteiger partial charge in [-0.05, 0) is 48.4 Å². The quantitative estimate of drug-likeness (QED) is 0.764. The van der Waals surface area contributed by atoms with Gasteiger partial charge in [-0.2, -0.15) is 0 Å². The maximum absolute atomic E-state index is 12.6. The molecule has 1 aliphatic heterocycles. The summed E-state index contributed by atoms with van der Waals surface area (Å²) in [5, 5.41) is 3.68. The largest absolute Gasteiger partial charge is 0.480 e. The minimum absolute atomic E-state index is 0.116. The number of fused-ring (bicyclic) bond motifs is 1. The van der Waals surface area contributed by atoms with Gasteiger partial charge in [0.2, 0.25) is 0 Å². The van der Waals surface area contributed by atoms with Gasteiger partial charge in [0.1, 0.15) is 5.75 Å². The molecule has 6 heteroatoms. The van der Waals surface area contributed by atoms with Crippen LogP contribution in [-0.4, -0.2) is 21.6 Å². The number of carbonyl (C=O) groups is 1. The van der Waals surface area contributed by atoms with Crippen LogP contribution in [0.1, 0.15) is 24.1 Å². The van der Waals surface area contributed by atoms with Gasteiger partial charge in [-0.15, -0.1) is 0 Å². The Balaban J connectivity index is 1.40. The summed E-state index contributed by atoms with van der Waals surface area (Å²) in [6.45, 7) is 1.96. The van der Waals surface area contributed by atoms with E-state index in [2.05, 4.69) is 10.3 Å². The molecule has 1 amide bonds. The van der Waals surface area contributed by atoms with Crippen LogP contribution in [0.25, 0.3) is 5.69 Å². The van der Waals surface area contributed by atoms with Gasteiger partial charge in [0, 0.05) is 29.5 Å². The van der Waals surface area contributed by atoms with E-state index in [1.54, 1.807) is 18.6 Å². The van der Waals surface area contributed by atoms with E-state index in [9.17, 15) is 4.79 Å². The Morgan fingerprint density at radius 2 is 2.12 bits per heavy atom. The van der Waals surface area contributed by atoms with E-state index < -0.39 is 6.10 Å². The topological polar surface area (TPSA) is 56.1 Å². The summed E-state index contributed by atoms with van der Waals surface area (Å²) in [7, 11) is 0. The predicted octanol–water partition coefficient (Wildman–Crippen LogP) is 3.71. The molecule has 0 spiro atoms. The Bertz CT molecular complexity index is 923. The summed E-state index contributed by atoms with van der Waals surface area (Å²) in [4.78, 5) is 16.6. The van der Waals surface area contributed by atoms with Gasteiger partial charge in [-0.25, -0.2) is 4.98 Å². The average Bonchev–Trinajstić information content (AvgIpc) is 3.31. The van der Waals surface area contributed by atoms with Crippen molar-refractivity contribution in [3.05, 3.63) is 77.3 Å². The lowest BCUT2D eigenvalue weighted by Crippen LogP contribution is -2.38. The molecule has 0 unspecified atom stereocenters. The van der Waals surface area contributed by atoms with Gasteiger partial charge >= 0.3 is 0 Å². The van der Waals surface area contributed by atoms with Gasteiger partial charge in [0.25, 0.3) is 5.91 Å². The van der Waals surface area contributed by atoms with E-state index in [-0.39, 0.29) is 11.9 Å². The maximum atomic E-state index is 12.6. The van der Waals surface area contributed by atoms with Crippen molar-refractivity contribution in [1.29, 1.82) is 0 Å². The van der Waals surface area contributed by atoms with Crippen molar-refractivity contribution in [2.75, 3.05) is 0 Å². The minimum atomic E-state index is -0.517. The van der Waals surface area contributed by atoms with E-state index >= 15 is 0 Å². The summed E-state index contributed by atoms with van der Waals surface area (Å²) >= 11 is 6.00. The number of imidazole rings is 1. The first-order valence-electron chi connectivity index (χ1n) is 8.44. The summed E-state index contributed by atoms with van der Waals surface area (Å²) in [6.07, 6.45) is 5.40. The van der Waals surface area contributed by atoms with Gasteiger partial charge in [-0.3, -0.25) is 4.79 Å². The van der Waals surface area contributed by atoms with Gasteiger partial charge in [0.15, 0.2) is 6.10 Å². The Hall–Kier alpha value is -2.79. The van der Waals surface area contributed by atoms with E-state index in [0.29, 0.717) is 11.4 Å². The lowest BCUT2D eigenvalue weighted by molar-refractivity contribution is -0.127. The first kappa shape index (κ1) is 16.7. The minimum Gasteiger partial charge on any atom is -0.480 e. The number of nitrogens with one attached hydrogen (secondary N) is 1. The van der Waals surface area contributed by atoms with Gasteiger partial charge in [0.05, 0.1) is 12.4 Å². The molecule has 132 valence electrons. The highest BCUT2D eigenvalue weighted by molar-refractivity contribution is 6.30. The van der Waals surface area contributed by atoms with Crippen LogP contribution in [0, 0.1) is 0 Å². The summed E-state index contributed by atoms with van der Waals surface area (Å²) in [6, 6.07) is 13.3.